The van der Waals surface area contributed by atoms with Crippen LogP contribution in [-0.4, -0.2) is 42.7 Å². The van der Waals surface area contributed by atoms with Crippen molar-refractivity contribution >= 4 is 15.9 Å². The van der Waals surface area contributed by atoms with E-state index in [0.29, 0.717) is 24.4 Å². The topological polar surface area (TPSA) is 70.8 Å². The molecule has 148 valence electrons. The second-order valence-corrected chi connectivity index (χ2v) is 8.55. The maximum atomic E-state index is 13.1. The summed E-state index contributed by atoms with van der Waals surface area (Å²) in [6.45, 7) is 10.7. The monoisotopic (exact) mass is 392 g/mol. The molecule has 0 bridgehead atoms. The zero-order valence-electron chi connectivity index (χ0n) is 16.6. The van der Waals surface area contributed by atoms with Gasteiger partial charge >= 0.3 is 0 Å². The summed E-state index contributed by atoms with van der Waals surface area (Å²) in [5, 5.41) is 0. The number of nitrogens with zero attached hydrogens (tertiary/aromatic N) is 2. The van der Waals surface area contributed by atoms with Crippen molar-refractivity contribution in [3.8, 4) is 0 Å². The van der Waals surface area contributed by atoms with E-state index >= 15 is 0 Å². The van der Waals surface area contributed by atoms with Crippen molar-refractivity contribution in [3.63, 3.8) is 0 Å². The maximum absolute atomic E-state index is 13.1. The van der Waals surface area contributed by atoms with Crippen LogP contribution in [0.5, 0.6) is 0 Å². The summed E-state index contributed by atoms with van der Waals surface area (Å²) in [5.74, 6) is 1.24. The van der Waals surface area contributed by atoms with Gasteiger partial charge in [-0.2, -0.15) is 4.31 Å². The van der Waals surface area contributed by atoms with Crippen molar-refractivity contribution in [3.05, 3.63) is 53.5 Å². The third-order valence-electron chi connectivity index (χ3n) is 4.44. The van der Waals surface area contributed by atoms with Gasteiger partial charge in [-0.15, -0.1) is 0 Å². The van der Waals surface area contributed by atoms with Gasteiger partial charge in [-0.3, -0.25) is 4.79 Å². The van der Waals surface area contributed by atoms with Crippen molar-refractivity contribution in [2.24, 2.45) is 0 Å². The molecule has 0 saturated heterocycles. The highest BCUT2D eigenvalue weighted by molar-refractivity contribution is 7.89. The smallest absolute Gasteiger partial charge is 0.253 e. The fourth-order valence-corrected chi connectivity index (χ4v) is 4.47. The molecule has 2 aromatic rings. The Morgan fingerprint density at radius 2 is 1.63 bits per heavy atom. The lowest BCUT2D eigenvalue weighted by Crippen LogP contribution is -2.36. The normalized spacial score (nSPS) is 12.0. The zero-order valence-corrected chi connectivity index (χ0v) is 17.4. The van der Waals surface area contributed by atoms with Gasteiger partial charge in [0.1, 0.15) is 11.5 Å². The minimum atomic E-state index is -3.71. The van der Waals surface area contributed by atoms with Crippen molar-refractivity contribution < 1.29 is 17.6 Å². The van der Waals surface area contributed by atoms with Crippen molar-refractivity contribution in [1.82, 2.24) is 9.21 Å². The summed E-state index contributed by atoms with van der Waals surface area (Å²) in [4.78, 5) is 14.3. The molecular weight excluding hydrogens is 364 g/mol. The quantitative estimate of drug-likeness (QED) is 0.687. The zero-order chi connectivity index (χ0) is 20.2. The van der Waals surface area contributed by atoms with E-state index in [1.807, 2.05) is 40.7 Å². The first-order valence-corrected chi connectivity index (χ1v) is 10.6. The Labute approximate surface area is 161 Å². The third kappa shape index (κ3) is 4.78. The number of aryl methyl sites for hydroxylation is 1. The highest BCUT2D eigenvalue weighted by atomic mass is 32.2. The van der Waals surface area contributed by atoms with Crippen molar-refractivity contribution in [2.45, 2.75) is 52.1 Å². The van der Waals surface area contributed by atoms with Gasteiger partial charge in [0.2, 0.25) is 10.0 Å². The van der Waals surface area contributed by atoms with E-state index in [0.717, 1.165) is 5.76 Å². The van der Waals surface area contributed by atoms with Gasteiger partial charge in [-0.05, 0) is 71.0 Å². The fraction of sp³-hybridized carbons (Fsp3) is 0.450. The van der Waals surface area contributed by atoms with E-state index in [4.69, 9.17) is 4.42 Å². The molecule has 0 unspecified atom stereocenters. The number of amides is 1. The van der Waals surface area contributed by atoms with Gasteiger partial charge in [0.25, 0.3) is 5.91 Å². The molecule has 0 N–H and O–H groups in total. The molecule has 0 fully saturated rings. The molecule has 0 atom stereocenters. The number of furan rings is 1. The summed E-state index contributed by atoms with van der Waals surface area (Å²) in [5.41, 5.74) is 0.482. The van der Waals surface area contributed by atoms with E-state index in [1.54, 1.807) is 23.1 Å². The summed E-state index contributed by atoms with van der Waals surface area (Å²) < 4.78 is 33.1. The van der Waals surface area contributed by atoms with Crippen LogP contribution in [0.3, 0.4) is 0 Å². The van der Waals surface area contributed by atoms with Crippen LogP contribution < -0.4 is 0 Å². The van der Waals surface area contributed by atoms with Crippen molar-refractivity contribution in [1.29, 1.82) is 0 Å². The van der Waals surface area contributed by atoms with Crippen LogP contribution in [0.2, 0.25) is 0 Å². The van der Waals surface area contributed by atoms with Crippen LogP contribution in [0.1, 0.15) is 49.6 Å². The highest BCUT2D eigenvalue weighted by Crippen LogP contribution is 2.22. The molecule has 0 aliphatic rings. The minimum Gasteiger partial charge on any atom is -0.465 e. The van der Waals surface area contributed by atoms with Crippen LogP contribution in [-0.2, 0) is 16.6 Å². The number of hydrogen-bond donors (Lipinski definition) is 0. The number of carbonyl (C=O) groups is 1. The third-order valence-corrected chi connectivity index (χ3v) is 6.48. The summed E-state index contributed by atoms with van der Waals surface area (Å²) >= 11 is 0. The second kappa shape index (κ2) is 8.71. The van der Waals surface area contributed by atoms with E-state index in [9.17, 15) is 13.2 Å². The molecule has 0 radical (unpaired) electrons. The molecule has 1 amide bonds. The summed E-state index contributed by atoms with van der Waals surface area (Å²) in [6.07, 6.45) is 0. The Bertz CT molecular complexity index is 866. The molecule has 6 nitrogen and oxygen atoms in total. The maximum Gasteiger partial charge on any atom is 0.253 e. The molecule has 27 heavy (non-hydrogen) atoms. The number of hydrogen-bond acceptors (Lipinski definition) is 4. The van der Waals surface area contributed by atoms with Gasteiger partial charge in [0.05, 0.1) is 11.4 Å². The molecule has 7 heteroatoms. The molecule has 0 saturated carbocycles. The predicted molar refractivity (Wildman–Crippen MR) is 105 cm³/mol. The number of sulfonamides is 1. The van der Waals surface area contributed by atoms with Crippen LogP contribution in [0.25, 0.3) is 0 Å². The average Bonchev–Trinajstić information content (AvgIpc) is 3.05. The van der Waals surface area contributed by atoms with Gasteiger partial charge in [-0.25, -0.2) is 8.42 Å². The van der Waals surface area contributed by atoms with E-state index in [2.05, 4.69) is 0 Å². The second-order valence-electron chi connectivity index (χ2n) is 6.66. The summed E-state index contributed by atoms with van der Waals surface area (Å²) in [7, 11) is -3.71. The summed E-state index contributed by atoms with van der Waals surface area (Å²) in [6, 6.07) is 9.49. The first-order valence-electron chi connectivity index (χ1n) is 9.17. The Morgan fingerprint density at radius 3 is 2.07 bits per heavy atom. The largest absolute Gasteiger partial charge is 0.465 e. The van der Waals surface area contributed by atoms with E-state index in [-0.39, 0.29) is 23.4 Å². The molecule has 0 spiro atoms. The van der Waals surface area contributed by atoms with Crippen LogP contribution in [0, 0.1) is 6.92 Å². The standard InChI is InChI=1S/C20H28N2O4S/c1-6-21(7-2)20(23)17-9-12-19(13-10-17)27(24,25)22(15(3)4)14-18-11-8-16(5)26-18/h8-13,15H,6-7,14H2,1-5H3. The molecular formula is C20H28N2O4S. The average molecular weight is 393 g/mol. The van der Waals surface area contributed by atoms with Gasteiger partial charge in [-0.1, -0.05) is 0 Å². The first-order chi connectivity index (χ1) is 12.7. The van der Waals surface area contributed by atoms with Gasteiger partial charge < -0.3 is 9.32 Å². The molecule has 1 aromatic heterocycles. The van der Waals surface area contributed by atoms with Crippen molar-refractivity contribution in [2.75, 3.05) is 13.1 Å². The van der Waals surface area contributed by atoms with Crippen LogP contribution >= 0.6 is 0 Å². The Balaban J connectivity index is 2.29. The van der Waals surface area contributed by atoms with E-state index in [1.165, 1.54) is 16.4 Å². The SMILES string of the molecule is CCN(CC)C(=O)c1ccc(S(=O)(=O)N(Cc2ccc(C)o2)C(C)C)cc1. The Kier molecular flexibility index (Phi) is 6.84. The minimum absolute atomic E-state index is 0.101. The number of carbonyl (C=O) groups excluding carboxylic acids is 1. The van der Waals surface area contributed by atoms with Gasteiger partial charge in [0, 0.05) is 24.7 Å². The highest BCUT2D eigenvalue weighted by Gasteiger charge is 2.28. The molecule has 1 heterocycles. The fourth-order valence-electron chi connectivity index (χ4n) is 2.87. The lowest BCUT2D eigenvalue weighted by Gasteiger charge is -2.25. The Hall–Kier alpha value is -2.12. The van der Waals surface area contributed by atoms with Crippen LogP contribution in [0.15, 0.2) is 45.7 Å². The van der Waals surface area contributed by atoms with Gasteiger partial charge in [0.15, 0.2) is 0 Å². The predicted octanol–water partition coefficient (Wildman–Crippen LogP) is 3.67. The lowest BCUT2D eigenvalue weighted by molar-refractivity contribution is 0.0773. The Morgan fingerprint density at radius 1 is 1.04 bits per heavy atom. The number of benzene rings is 1. The first kappa shape index (κ1) is 21.2. The molecule has 2 rings (SSSR count). The number of rotatable bonds is 8. The van der Waals surface area contributed by atoms with E-state index < -0.39 is 10.0 Å². The molecule has 1 aromatic carbocycles. The molecule has 0 aliphatic carbocycles. The van der Waals surface area contributed by atoms with Crippen LogP contribution in [0.4, 0.5) is 0 Å². The lowest BCUT2D eigenvalue weighted by atomic mass is 10.2. The molecule has 0 aliphatic heterocycles.